The van der Waals surface area contributed by atoms with Crippen molar-refractivity contribution in [3.63, 3.8) is 0 Å². The molecule has 2 heterocycles. The molecule has 5 rings (SSSR count). The number of aromatic hydroxyl groups is 1. The van der Waals surface area contributed by atoms with Crippen molar-refractivity contribution >= 4 is 11.9 Å². The Kier molecular flexibility index (Phi) is 4.03. The van der Waals surface area contributed by atoms with Gasteiger partial charge in [0.2, 0.25) is 11.9 Å². The van der Waals surface area contributed by atoms with Crippen LogP contribution in [0.4, 0.5) is 5.95 Å². The molecule has 0 spiro atoms. The van der Waals surface area contributed by atoms with Gasteiger partial charge < -0.3 is 15.3 Å². The first kappa shape index (κ1) is 17.5. The Hall–Kier alpha value is -2.64. The van der Waals surface area contributed by atoms with Gasteiger partial charge in [0.05, 0.1) is 5.41 Å². The van der Waals surface area contributed by atoms with Crippen molar-refractivity contribution in [3.8, 4) is 5.75 Å². The Labute approximate surface area is 163 Å². The SMILES string of the molecule is C[C@H]1C[C@@H](NC(=O)C2(c3ccc(C4CC4)cc3O)CC2)CN(c2nnn[nH]2)C1. The lowest BCUT2D eigenvalue weighted by Gasteiger charge is -2.36. The molecule has 1 aromatic heterocycles. The van der Waals surface area contributed by atoms with Gasteiger partial charge >= 0.3 is 0 Å². The molecule has 8 nitrogen and oxygen atoms in total. The number of tetrazole rings is 1. The number of nitrogens with zero attached hydrogens (tertiary/aromatic N) is 4. The van der Waals surface area contributed by atoms with Gasteiger partial charge in [-0.2, -0.15) is 0 Å². The molecule has 1 saturated heterocycles. The summed E-state index contributed by atoms with van der Waals surface area (Å²) in [6.07, 6.45) is 4.88. The normalized spacial score (nSPS) is 26.1. The van der Waals surface area contributed by atoms with E-state index in [-0.39, 0.29) is 17.7 Å². The zero-order valence-corrected chi connectivity index (χ0v) is 16.1. The van der Waals surface area contributed by atoms with Crippen molar-refractivity contribution in [1.29, 1.82) is 0 Å². The predicted molar refractivity (Wildman–Crippen MR) is 103 cm³/mol. The molecule has 1 aromatic carbocycles. The van der Waals surface area contributed by atoms with Gasteiger partial charge in [0.25, 0.3) is 0 Å². The Morgan fingerprint density at radius 2 is 2.14 bits per heavy atom. The second-order valence-corrected chi connectivity index (χ2v) is 8.77. The van der Waals surface area contributed by atoms with Gasteiger partial charge in [-0.15, -0.1) is 0 Å². The first-order valence-corrected chi connectivity index (χ1v) is 10.2. The monoisotopic (exact) mass is 382 g/mol. The summed E-state index contributed by atoms with van der Waals surface area (Å²) in [5.41, 5.74) is 1.38. The third-order valence-electron chi connectivity index (χ3n) is 6.40. The molecule has 2 aliphatic carbocycles. The average molecular weight is 382 g/mol. The summed E-state index contributed by atoms with van der Waals surface area (Å²) >= 11 is 0. The Bertz CT molecular complexity index is 875. The molecular formula is C20H26N6O2. The van der Waals surface area contributed by atoms with Gasteiger partial charge in [-0.3, -0.25) is 4.79 Å². The molecule has 1 aliphatic heterocycles. The quantitative estimate of drug-likeness (QED) is 0.728. The third kappa shape index (κ3) is 3.10. The number of anilines is 1. The number of carbonyl (C=O) groups is 1. The van der Waals surface area contributed by atoms with Gasteiger partial charge in [-0.25, -0.2) is 5.10 Å². The molecule has 8 heteroatoms. The maximum atomic E-state index is 13.2. The average Bonchev–Trinajstić information content (AvgIpc) is 3.59. The zero-order valence-electron chi connectivity index (χ0n) is 16.1. The molecule has 0 radical (unpaired) electrons. The highest BCUT2D eigenvalue weighted by atomic mass is 16.3. The summed E-state index contributed by atoms with van der Waals surface area (Å²) in [5, 5.41) is 27.9. The van der Waals surface area contributed by atoms with Crippen molar-refractivity contribution in [2.24, 2.45) is 5.92 Å². The summed E-state index contributed by atoms with van der Waals surface area (Å²) in [6.45, 7) is 3.71. The first-order valence-electron chi connectivity index (χ1n) is 10.2. The molecule has 0 unspecified atom stereocenters. The van der Waals surface area contributed by atoms with Crippen LogP contribution in [0.3, 0.4) is 0 Å². The molecule has 3 aliphatic rings. The second kappa shape index (κ2) is 6.46. The number of phenols is 1. The lowest BCUT2D eigenvalue weighted by molar-refractivity contribution is -0.124. The van der Waals surface area contributed by atoms with Crippen molar-refractivity contribution < 1.29 is 9.90 Å². The molecule has 2 atom stereocenters. The number of H-pyrrole nitrogens is 1. The molecular weight excluding hydrogens is 356 g/mol. The van der Waals surface area contributed by atoms with E-state index < -0.39 is 5.41 Å². The van der Waals surface area contributed by atoms with Crippen molar-refractivity contribution in [1.82, 2.24) is 25.9 Å². The second-order valence-electron chi connectivity index (χ2n) is 8.77. The highest BCUT2D eigenvalue weighted by Crippen LogP contribution is 2.52. The minimum Gasteiger partial charge on any atom is -0.508 e. The molecule has 0 bridgehead atoms. The summed E-state index contributed by atoms with van der Waals surface area (Å²) in [6, 6.07) is 5.95. The van der Waals surface area contributed by atoms with E-state index in [4.69, 9.17) is 0 Å². The van der Waals surface area contributed by atoms with Crippen LogP contribution in [-0.4, -0.2) is 50.8 Å². The largest absolute Gasteiger partial charge is 0.508 e. The van der Waals surface area contributed by atoms with Crippen LogP contribution in [0, 0.1) is 5.92 Å². The standard InChI is InChI=1S/C20H26N6O2/c1-12-8-15(11-26(10-12)19-22-24-25-23-19)21-18(28)20(6-7-20)16-5-4-14(9-17(16)27)13-2-3-13/h4-5,9,12-13,15,27H,2-3,6-8,10-11H2,1H3,(H,21,28)(H,22,23,24,25)/t12-,15+/m0/s1. The minimum atomic E-state index is -0.578. The minimum absolute atomic E-state index is 0.0247. The fourth-order valence-electron chi connectivity index (χ4n) is 4.61. The fourth-order valence-corrected chi connectivity index (χ4v) is 4.61. The number of hydrogen-bond donors (Lipinski definition) is 3. The van der Waals surface area contributed by atoms with Crippen LogP contribution >= 0.6 is 0 Å². The Morgan fingerprint density at radius 1 is 1.32 bits per heavy atom. The van der Waals surface area contributed by atoms with Crippen molar-refractivity contribution in [3.05, 3.63) is 29.3 Å². The van der Waals surface area contributed by atoms with Crippen LogP contribution in [0.2, 0.25) is 0 Å². The Balaban J connectivity index is 1.31. The number of rotatable bonds is 5. The van der Waals surface area contributed by atoms with Crippen LogP contribution in [0.25, 0.3) is 0 Å². The highest BCUT2D eigenvalue weighted by molar-refractivity contribution is 5.92. The van der Waals surface area contributed by atoms with Crippen molar-refractivity contribution in [2.45, 2.75) is 56.4 Å². The lowest BCUT2D eigenvalue weighted by atomic mass is 9.90. The predicted octanol–water partition coefficient (Wildman–Crippen LogP) is 1.85. The number of amides is 1. The van der Waals surface area contributed by atoms with Crippen molar-refractivity contribution in [2.75, 3.05) is 18.0 Å². The van der Waals surface area contributed by atoms with Gasteiger partial charge in [0.15, 0.2) is 0 Å². The van der Waals surface area contributed by atoms with Gasteiger partial charge in [0, 0.05) is 24.7 Å². The number of phenolic OH excluding ortho intramolecular Hbond substituents is 1. The number of piperidine rings is 1. The maximum Gasteiger partial charge on any atom is 0.242 e. The summed E-state index contributed by atoms with van der Waals surface area (Å²) in [4.78, 5) is 15.3. The summed E-state index contributed by atoms with van der Waals surface area (Å²) in [7, 11) is 0. The van der Waals surface area contributed by atoms with E-state index in [1.54, 1.807) is 0 Å². The smallest absolute Gasteiger partial charge is 0.242 e. The van der Waals surface area contributed by atoms with Crippen LogP contribution in [0.15, 0.2) is 18.2 Å². The molecule has 148 valence electrons. The van der Waals surface area contributed by atoms with E-state index in [0.717, 1.165) is 31.4 Å². The van der Waals surface area contributed by atoms with Gasteiger partial charge in [0.1, 0.15) is 5.75 Å². The van der Waals surface area contributed by atoms with Crippen LogP contribution < -0.4 is 10.2 Å². The first-order chi connectivity index (χ1) is 13.5. The number of carbonyl (C=O) groups excluding carboxylic acids is 1. The number of hydrogen-bond acceptors (Lipinski definition) is 6. The molecule has 2 saturated carbocycles. The van der Waals surface area contributed by atoms with E-state index in [9.17, 15) is 9.90 Å². The van der Waals surface area contributed by atoms with Gasteiger partial charge in [-0.05, 0) is 66.0 Å². The maximum absolute atomic E-state index is 13.2. The van der Waals surface area contributed by atoms with E-state index in [2.05, 4.69) is 43.8 Å². The fraction of sp³-hybridized carbons (Fsp3) is 0.600. The van der Waals surface area contributed by atoms with Crippen LogP contribution in [0.5, 0.6) is 5.75 Å². The number of benzene rings is 1. The lowest BCUT2D eigenvalue weighted by Crippen LogP contribution is -2.52. The molecule has 2 aromatic rings. The zero-order chi connectivity index (χ0) is 19.3. The summed E-state index contributed by atoms with van der Waals surface area (Å²) in [5.74, 6) is 1.94. The summed E-state index contributed by atoms with van der Waals surface area (Å²) < 4.78 is 0. The number of nitrogens with one attached hydrogen (secondary N) is 2. The molecule has 3 N–H and O–H groups in total. The molecule has 1 amide bonds. The van der Waals surface area contributed by atoms with E-state index in [1.165, 1.54) is 18.4 Å². The number of aromatic amines is 1. The third-order valence-corrected chi connectivity index (χ3v) is 6.40. The van der Waals surface area contributed by atoms with E-state index in [0.29, 0.717) is 24.3 Å². The molecule has 28 heavy (non-hydrogen) atoms. The van der Waals surface area contributed by atoms with E-state index >= 15 is 0 Å². The van der Waals surface area contributed by atoms with Gasteiger partial charge in [-0.1, -0.05) is 24.2 Å². The topological polar surface area (TPSA) is 107 Å². The number of aromatic nitrogens is 4. The molecule has 3 fully saturated rings. The van der Waals surface area contributed by atoms with Crippen LogP contribution in [-0.2, 0) is 10.2 Å². The highest BCUT2D eigenvalue weighted by Gasteiger charge is 2.53. The Morgan fingerprint density at radius 3 is 2.79 bits per heavy atom. The van der Waals surface area contributed by atoms with Crippen LogP contribution in [0.1, 0.15) is 56.1 Å². The van der Waals surface area contributed by atoms with E-state index in [1.807, 2.05) is 12.1 Å².